The quantitative estimate of drug-likeness (QED) is 0.777. The van der Waals surface area contributed by atoms with E-state index in [2.05, 4.69) is 41.4 Å². The Morgan fingerprint density at radius 1 is 1.30 bits per heavy atom. The van der Waals surface area contributed by atoms with E-state index < -0.39 is 5.54 Å². The maximum Gasteiger partial charge on any atom is 0.327 e. The molecule has 0 spiro atoms. The summed E-state index contributed by atoms with van der Waals surface area (Å²) in [6, 6.07) is 8.40. The van der Waals surface area contributed by atoms with Gasteiger partial charge in [0.1, 0.15) is 5.54 Å². The molecule has 4 nitrogen and oxygen atoms in total. The van der Waals surface area contributed by atoms with Crippen molar-refractivity contribution in [1.29, 1.82) is 0 Å². The van der Waals surface area contributed by atoms with Crippen LogP contribution in [0.4, 0.5) is 5.69 Å². The number of ether oxygens (including phenoxy) is 1. The summed E-state index contributed by atoms with van der Waals surface area (Å²) in [5.41, 5.74) is 1.69. The topological polar surface area (TPSA) is 41.6 Å². The standard InChI is InChI=1S/C16H26N2O2/c1-6-13-8-10-14(11-9-13)18(5)12-16(3,17-4)15(19)20-7-2/h8-11,17H,6-7,12H2,1-5H3. The molecular formula is C16H26N2O2. The van der Waals surface area contributed by atoms with Crippen LogP contribution in [0, 0.1) is 0 Å². The first-order valence-corrected chi connectivity index (χ1v) is 7.13. The number of hydrogen-bond acceptors (Lipinski definition) is 4. The van der Waals surface area contributed by atoms with Gasteiger partial charge in [0.2, 0.25) is 0 Å². The third kappa shape index (κ3) is 3.97. The van der Waals surface area contributed by atoms with Crippen LogP contribution >= 0.6 is 0 Å². The average molecular weight is 278 g/mol. The first-order valence-electron chi connectivity index (χ1n) is 7.13. The Balaban J connectivity index is 2.80. The number of rotatable bonds is 7. The van der Waals surface area contributed by atoms with E-state index >= 15 is 0 Å². The maximum absolute atomic E-state index is 12.1. The number of hydrogen-bond donors (Lipinski definition) is 1. The third-order valence-electron chi connectivity index (χ3n) is 3.62. The smallest absolute Gasteiger partial charge is 0.327 e. The van der Waals surface area contributed by atoms with Crippen LogP contribution in [0.3, 0.4) is 0 Å². The van der Waals surface area contributed by atoms with Crippen molar-refractivity contribution in [3.8, 4) is 0 Å². The Kier molecular flexibility index (Phi) is 6.02. The number of nitrogens with one attached hydrogen (secondary N) is 1. The van der Waals surface area contributed by atoms with Crippen molar-refractivity contribution in [2.45, 2.75) is 32.7 Å². The molecule has 0 radical (unpaired) electrons. The van der Waals surface area contributed by atoms with Gasteiger partial charge >= 0.3 is 5.97 Å². The van der Waals surface area contributed by atoms with Gasteiger partial charge in [-0.3, -0.25) is 0 Å². The molecule has 0 aliphatic rings. The van der Waals surface area contributed by atoms with Crippen molar-refractivity contribution >= 4 is 11.7 Å². The van der Waals surface area contributed by atoms with Crippen LogP contribution in [0.5, 0.6) is 0 Å². The van der Waals surface area contributed by atoms with Gasteiger partial charge in [-0.05, 0) is 45.0 Å². The Morgan fingerprint density at radius 2 is 1.90 bits per heavy atom. The molecule has 0 heterocycles. The van der Waals surface area contributed by atoms with E-state index in [1.54, 1.807) is 7.05 Å². The predicted octanol–water partition coefficient (Wildman–Crippen LogP) is 2.23. The third-order valence-corrected chi connectivity index (χ3v) is 3.62. The second-order valence-electron chi connectivity index (χ2n) is 5.18. The highest BCUT2D eigenvalue weighted by Gasteiger charge is 2.34. The fraction of sp³-hybridized carbons (Fsp3) is 0.562. The Bertz CT molecular complexity index is 431. The predicted molar refractivity (Wildman–Crippen MR) is 83.2 cm³/mol. The monoisotopic (exact) mass is 278 g/mol. The van der Waals surface area contributed by atoms with Gasteiger partial charge in [0.25, 0.3) is 0 Å². The summed E-state index contributed by atoms with van der Waals surface area (Å²) >= 11 is 0. The lowest BCUT2D eigenvalue weighted by Gasteiger charge is -2.32. The summed E-state index contributed by atoms with van der Waals surface area (Å²) < 4.78 is 5.14. The lowest BCUT2D eigenvalue weighted by Crippen LogP contribution is -2.55. The van der Waals surface area contributed by atoms with E-state index in [1.807, 2.05) is 20.9 Å². The Hall–Kier alpha value is -1.55. The summed E-state index contributed by atoms with van der Waals surface area (Å²) in [5.74, 6) is -0.223. The lowest BCUT2D eigenvalue weighted by atomic mass is 10.0. The van der Waals surface area contributed by atoms with Crippen molar-refractivity contribution in [2.75, 3.05) is 32.1 Å². The van der Waals surface area contributed by atoms with Crippen molar-refractivity contribution in [2.24, 2.45) is 0 Å². The molecule has 1 atom stereocenters. The van der Waals surface area contributed by atoms with Gasteiger partial charge in [-0.15, -0.1) is 0 Å². The summed E-state index contributed by atoms with van der Waals surface area (Å²) in [6.45, 7) is 6.76. The van der Waals surface area contributed by atoms with Gasteiger partial charge in [-0.25, -0.2) is 4.79 Å². The van der Waals surface area contributed by atoms with Gasteiger partial charge in [-0.2, -0.15) is 0 Å². The molecule has 0 bridgehead atoms. The van der Waals surface area contributed by atoms with E-state index in [0.717, 1.165) is 12.1 Å². The maximum atomic E-state index is 12.1. The molecule has 0 saturated heterocycles. The van der Waals surface area contributed by atoms with Crippen molar-refractivity contribution in [3.63, 3.8) is 0 Å². The molecule has 4 heteroatoms. The van der Waals surface area contributed by atoms with Crippen molar-refractivity contribution in [3.05, 3.63) is 29.8 Å². The van der Waals surface area contributed by atoms with E-state index in [1.165, 1.54) is 5.56 Å². The summed E-state index contributed by atoms with van der Waals surface area (Å²) in [7, 11) is 3.76. The van der Waals surface area contributed by atoms with Crippen LogP contribution in [0.15, 0.2) is 24.3 Å². The molecular weight excluding hydrogens is 252 g/mol. The van der Waals surface area contributed by atoms with Crippen LogP contribution in [0.1, 0.15) is 26.3 Å². The number of benzene rings is 1. The van der Waals surface area contributed by atoms with Gasteiger partial charge < -0.3 is 15.0 Å². The lowest BCUT2D eigenvalue weighted by molar-refractivity contribution is -0.149. The van der Waals surface area contributed by atoms with E-state index in [0.29, 0.717) is 13.2 Å². The number of carbonyl (C=O) groups is 1. The summed E-state index contributed by atoms with van der Waals surface area (Å²) in [4.78, 5) is 14.1. The zero-order valence-electron chi connectivity index (χ0n) is 13.2. The largest absolute Gasteiger partial charge is 0.465 e. The Labute approximate surface area is 122 Å². The minimum absolute atomic E-state index is 0.223. The second-order valence-corrected chi connectivity index (χ2v) is 5.18. The minimum Gasteiger partial charge on any atom is -0.465 e. The number of nitrogens with zero attached hydrogens (tertiary/aromatic N) is 1. The molecule has 1 unspecified atom stereocenters. The molecule has 112 valence electrons. The van der Waals surface area contributed by atoms with E-state index in [-0.39, 0.29) is 5.97 Å². The number of carbonyl (C=O) groups excluding carboxylic acids is 1. The van der Waals surface area contributed by atoms with E-state index in [4.69, 9.17) is 4.74 Å². The van der Waals surface area contributed by atoms with Gasteiger partial charge in [0.15, 0.2) is 0 Å². The van der Waals surface area contributed by atoms with Gasteiger partial charge in [0, 0.05) is 19.3 Å². The highest BCUT2D eigenvalue weighted by molar-refractivity contribution is 5.81. The number of anilines is 1. The zero-order valence-corrected chi connectivity index (χ0v) is 13.2. The zero-order chi connectivity index (χ0) is 15.2. The molecule has 0 aromatic heterocycles. The summed E-state index contributed by atoms with van der Waals surface area (Å²) in [6.07, 6.45) is 1.03. The second kappa shape index (κ2) is 7.29. The molecule has 0 aliphatic heterocycles. The van der Waals surface area contributed by atoms with Crippen molar-refractivity contribution < 1.29 is 9.53 Å². The molecule has 1 N–H and O–H groups in total. The van der Waals surface area contributed by atoms with Crippen LogP contribution < -0.4 is 10.2 Å². The highest BCUT2D eigenvalue weighted by Crippen LogP contribution is 2.17. The van der Waals surface area contributed by atoms with Gasteiger partial charge in [0.05, 0.1) is 6.61 Å². The van der Waals surface area contributed by atoms with Crippen LogP contribution in [-0.2, 0) is 16.0 Å². The fourth-order valence-electron chi connectivity index (χ4n) is 2.09. The number of likely N-dealkylation sites (N-methyl/N-ethyl adjacent to an activating group) is 2. The highest BCUT2D eigenvalue weighted by atomic mass is 16.5. The minimum atomic E-state index is -0.714. The fourth-order valence-corrected chi connectivity index (χ4v) is 2.09. The number of aryl methyl sites for hydroxylation is 1. The molecule has 0 aliphatic carbocycles. The average Bonchev–Trinajstić information content (AvgIpc) is 2.47. The van der Waals surface area contributed by atoms with Gasteiger partial charge in [-0.1, -0.05) is 19.1 Å². The molecule has 1 rings (SSSR count). The summed E-state index contributed by atoms with van der Waals surface area (Å²) in [5, 5.41) is 3.07. The molecule has 1 aromatic rings. The first kappa shape index (κ1) is 16.5. The van der Waals surface area contributed by atoms with Crippen LogP contribution in [0.25, 0.3) is 0 Å². The Morgan fingerprint density at radius 3 is 2.35 bits per heavy atom. The normalized spacial score (nSPS) is 13.7. The first-order chi connectivity index (χ1) is 9.46. The molecule has 20 heavy (non-hydrogen) atoms. The van der Waals surface area contributed by atoms with Crippen LogP contribution in [-0.4, -0.2) is 38.8 Å². The molecule has 0 fully saturated rings. The molecule has 0 amide bonds. The molecule has 1 aromatic carbocycles. The molecule has 0 saturated carbocycles. The SMILES string of the molecule is CCOC(=O)C(C)(CN(C)c1ccc(CC)cc1)NC. The van der Waals surface area contributed by atoms with E-state index in [9.17, 15) is 4.79 Å². The van der Waals surface area contributed by atoms with Crippen LogP contribution in [0.2, 0.25) is 0 Å². The number of esters is 1. The van der Waals surface area contributed by atoms with Crippen molar-refractivity contribution in [1.82, 2.24) is 5.32 Å².